The van der Waals surface area contributed by atoms with Crippen LogP contribution in [0.25, 0.3) is 22.4 Å². The summed E-state index contributed by atoms with van der Waals surface area (Å²) in [5, 5.41) is 5.62. The smallest absolute Gasteiger partial charge is 0.267 e. The summed E-state index contributed by atoms with van der Waals surface area (Å²) in [5.41, 5.74) is 2.80. The maximum absolute atomic E-state index is 13.7. The van der Waals surface area contributed by atoms with E-state index in [2.05, 4.69) is 24.0 Å². The molecule has 1 saturated heterocycles. The number of para-hydroxylation sites is 1. The van der Waals surface area contributed by atoms with E-state index in [0.29, 0.717) is 28.6 Å². The van der Waals surface area contributed by atoms with Crippen LogP contribution in [0.15, 0.2) is 53.3 Å². The molecule has 34 heavy (non-hydrogen) atoms. The van der Waals surface area contributed by atoms with Crippen LogP contribution in [0.4, 0.5) is 0 Å². The zero-order valence-corrected chi connectivity index (χ0v) is 20.5. The van der Waals surface area contributed by atoms with Gasteiger partial charge in [0.15, 0.2) is 0 Å². The molecular formula is C27H31N5OS. The van der Waals surface area contributed by atoms with Crippen molar-refractivity contribution in [3.8, 4) is 5.69 Å². The van der Waals surface area contributed by atoms with Gasteiger partial charge in [-0.3, -0.25) is 14.1 Å². The summed E-state index contributed by atoms with van der Waals surface area (Å²) in [7, 11) is 0. The number of likely N-dealkylation sites (tertiary alicyclic amines) is 1. The standard InChI is InChI=1S/C27H31N5OS/c1-2-19-13-15-21(16-14-19)31-25(33)22-10-4-6-12-24(22)32-26(31)28-30(27(32)34)18-29-17-7-9-20-8-3-5-11-23(20)29/h4,6,10,12-16,20,23H,2-3,5,7-9,11,17-18H2,1H3/t20-,23-/m1/s1. The highest BCUT2D eigenvalue weighted by molar-refractivity contribution is 7.71. The number of benzene rings is 2. The van der Waals surface area contributed by atoms with E-state index in [-0.39, 0.29) is 5.56 Å². The third-order valence-corrected chi connectivity index (χ3v) is 8.27. The van der Waals surface area contributed by atoms with Gasteiger partial charge in [-0.15, -0.1) is 5.10 Å². The van der Waals surface area contributed by atoms with Crippen LogP contribution in [0.5, 0.6) is 0 Å². The minimum absolute atomic E-state index is 0.0650. The highest BCUT2D eigenvalue weighted by atomic mass is 32.1. The van der Waals surface area contributed by atoms with Crippen molar-refractivity contribution >= 4 is 28.9 Å². The zero-order chi connectivity index (χ0) is 23.2. The quantitative estimate of drug-likeness (QED) is 0.375. The Morgan fingerprint density at radius 2 is 1.76 bits per heavy atom. The van der Waals surface area contributed by atoms with Gasteiger partial charge in [-0.1, -0.05) is 44.0 Å². The lowest BCUT2D eigenvalue weighted by molar-refractivity contribution is 0.0325. The third kappa shape index (κ3) is 3.53. The Labute approximate surface area is 204 Å². The van der Waals surface area contributed by atoms with E-state index >= 15 is 0 Å². The molecule has 0 N–H and O–H groups in total. The number of aryl methyl sites for hydroxylation is 1. The van der Waals surface area contributed by atoms with E-state index in [9.17, 15) is 4.79 Å². The molecule has 176 valence electrons. The molecule has 2 aromatic carbocycles. The first kappa shape index (κ1) is 21.7. The molecule has 7 heteroatoms. The van der Waals surface area contributed by atoms with Crippen molar-refractivity contribution in [1.29, 1.82) is 0 Å². The molecule has 0 spiro atoms. The Balaban J connectivity index is 1.52. The minimum atomic E-state index is -0.0650. The summed E-state index contributed by atoms with van der Waals surface area (Å²) in [4.78, 5) is 16.2. The Kier molecular flexibility index (Phi) is 5.62. The van der Waals surface area contributed by atoms with Gasteiger partial charge in [0.25, 0.3) is 5.56 Å². The van der Waals surface area contributed by atoms with Crippen LogP contribution in [0.1, 0.15) is 51.0 Å². The number of rotatable bonds is 4. The van der Waals surface area contributed by atoms with E-state index in [1.165, 1.54) is 44.1 Å². The van der Waals surface area contributed by atoms with Crippen molar-refractivity contribution in [2.24, 2.45) is 5.92 Å². The Hall–Kier alpha value is -2.77. The highest BCUT2D eigenvalue weighted by Gasteiger charge is 2.33. The van der Waals surface area contributed by atoms with Crippen molar-refractivity contribution in [3.63, 3.8) is 0 Å². The molecule has 2 atom stereocenters. The van der Waals surface area contributed by atoms with Crippen LogP contribution in [0.2, 0.25) is 0 Å². The van der Waals surface area contributed by atoms with Gasteiger partial charge < -0.3 is 0 Å². The van der Waals surface area contributed by atoms with Gasteiger partial charge in [0.1, 0.15) is 0 Å². The average Bonchev–Trinajstić information content (AvgIpc) is 3.20. The van der Waals surface area contributed by atoms with Gasteiger partial charge in [0.2, 0.25) is 10.5 Å². The third-order valence-electron chi connectivity index (χ3n) is 7.88. The first-order chi connectivity index (χ1) is 16.7. The summed E-state index contributed by atoms with van der Waals surface area (Å²) in [6.45, 7) is 3.90. The Bertz CT molecular complexity index is 1460. The molecule has 0 bridgehead atoms. The minimum Gasteiger partial charge on any atom is -0.281 e. The van der Waals surface area contributed by atoms with Gasteiger partial charge >= 0.3 is 0 Å². The first-order valence-electron chi connectivity index (χ1n) is 12.6. The Morgan fingerprint density at radius 3 is 2.59 bits per heavy atom. The predicted molar refractivity (Wildman–Crippen MR) is 138 cm³/mol. The summed E-state index contributed by atoms with van der Waals surface area (Å²) in [6.07, 6.45) is 8.82. The van der Waals surface area contributed by atoms with Crippen LogP contribution >= 0.6 is 12.2 Å². The second kappa shape index (κ2) is 8.78. The number of nitrogens with zero attached hydrogens (tertiary/aromatic N) is 5. The largest absolute Gasteiger partial charge is 0.281 e. The number of aromatic nitrogens is 4. The molecule has 6 nitrogen and oxygen atoms in total. The molecular weight excluding hydrogens is 442 g/mol. The van der Waals surface area contributed by atoms with Crippen LogP contribution in [0.3, 0.4) is 0 Å². The molecule has 2 aliphatic rings. The Morgan fingerprint density at radius 1 is 1.00 bits per heavy atom. The van der Waals surface area contributed by atoms with Crippen molar-refractivity contribution < 1.29 is 0 Å². The zero-order valence-electron chi connectivity index (χ0n) is 19.7. The second-order valence-electron chi connectivity index (χ2n) is 9.80. The molecule has 3 heterocycles. The van der Waals surface area contributed by atoms with E-state index in [4.69, 9.17) is 17.3 Å². The number of piperidine rings is 1. The van der Waals surface area contributed by atoms with Crippen LogP contribution < -0.4 is 5.56 Å². The van der Waals surface area contributed by atoms with Crippen LogP contribution in [0, 0.1) is 10.7 Å². The predicted octanol–water partition coefficient (Wildman–Crippen LogP) is 5.34. The fourth-order valence-electron chi connectivity index (χ4n) is 6.09. The van der Waals surface area contributed by atoms with Crippen molar-refractivity contribution in [2.75, 3.05) is 6.54 Å². The molecule has 1 saturated carbocycles. The summed E-state index contributed by atoms with van der Waals surface area (Å²) >= 11 is 5.98. The van der Waals surface area contributed by atoms with E-state index in [1.54, 1.807) is 4.57 Å². The lowest BCUT2D eigenvalue weighted by Crippen LogP contribution is -2.47. The molecule has 0 radical (unpaired) electrons. The first-order valence-corrected chi connectivity index (χ1v) is 13.0. The van der Waals surface area contributed by atoms with Crippen LogP contribution in [-0.2, 0) is 13.1 Å². The average molecular weight is 474 g/mol. The molecule has 0 unspecified atom stereocenters. The molecule has 1 aliphatic carbocycles. The lowest BCUT2D eigenvalue weighted by atomic mass is 9.78. The van der Waals surface area contributed by atoms with Crippen molar-refractivity contribution in [1.82, 2.24) is 23.6 Å². The highest BCUT2D eigenvalue weighted by Crippen LogP contribution is 2.35. The van der Waals surface area contributed by atoms with Crippen molar-refractivity contribution in [2.45, 2.75) is 64.6 Å². The maximum atomic E-state index is 13.7. The van der Waals surface area contributed by atoms with Gasteiger partial charge in [0, 0.05) is 12.6 Å². The number of hydrogen-bond donors (Lipinski definition) is 0. The second-order valence-corrected chi connectivity index (χ2v) is 10.2. The van der Waals surface area contributed by atoms with Gasteiger partial charge in [-0.2, -0.15) is 0 Å². The van der Waals surface area contributed by atoms with Crippen LogP contribution in [-0.4, -0.2) is 36.2 Å². The number of hydrogen-bond acceptors (Lipinski definition) is 4. The lowest BCUT2D eigenvalue weighted by Gasteiger charge is -2.43. The van der Waals surface area contributed by atoms with E-state index in [0.717, 1.165) is 30.1 Å². The monoisotopic (exact) mass is 473 g/mol. The van der Waals surface area contributed by atoms with Gasteiger partial charge in [-0.05, 0) is 80.1 Å². The SMILES string of the molecule is CCc1ccc(-n2c(=O)c3ccccc3n3c(=S)n(CN4CCC[C@H]5CCCC[C@H]54)nc23)cc1. The topological polar surface area (TPSA) is 47.5 Å². The summed E-state index contributed by atoms with van der Waals surface area (Å²) in [6, 6.07) is 16.5. The molecule has 2 aromatic heterocycles. The summed E-state index contributed by atoms with van der Waals surface area (Å²) < 4.78 is 6.27. The molecule has 2 fully saturated rings. The van der Waals surface area contributed by atoms with Crippen molar-refractivity contribution in [3.05, 3.63) is 69.2 Å². The fourth-order valence-corrected chi connectivity index (χ4v) is 6.37. The molecule has 1 aliphatic heterocycles. The number of fused-ring (bicyclic) bond motifs is 4. The normalized spacial score (nSPS) is 21.2. The van der Waals surface area contributed by atoms with Gasteiger partial charge in [0.05, 0.1) is 23.3 Å². The molecule has 4 aromatic rings. The van der Waals surface area contributed by atoms with E-state index in [1.807, 2.05) is 45.5 Å². The fraction of sp³-hybridized carbons (Fsp3) is 0.444. The molecule has 0 amide bonds. The maximum Gasteiger partial charge on any atom is 0.267 e. The van der Waals surface area contributed by atoms with E-state index < -0.39 is 0 Å². The molecule has 6 rings (SSSR count). The summed E-state index contributed by atoms with van der Waals surface area (Å²) in [5.74, 6) is 1.37. The van der Waals surface area contributed by atoms with Gasteiger partial charge in [-0.25, -0.2) is 9.25 Å².